The fraction of sp³-hybridized carbons (Fsp3) is 0.457. The molecule has 0 spiro atoms. The summed E-state index contributed by atoms with van der Waals surface area (Å²) in [5, 5.41) is 10.2. The van der Waals surface area contributed by atoms with Gasteiger partial charge in [-0.25, -0.2) is 12.8 Å². The fourth-order valence-electron chi connectivity index (χ4n) is 5.54. The first-order chi connectivity index (χ1) is 22.0. The lowest BCUT2D eigenvalue weighted by Crippen LogP contribution is -2.47. The normalized spacial score (nSPS) is 20.8. The van der Waals surface area contributed by atoms with E-state index in [0.29, 0.717) is 25.4 Å². The van der Waals surface area contributed by atoms with E-state index in [1.165, 1.54) is 29.8 Å². The highest BCUT2D eigenvalue weighted by molar-refractivity contribution is 7.92. The quantitative estimate of drug-likeness (QED) is 0.311. The monoisotopic (exact) mass is 655 g/mol. The van der Waals surface area contributed by atoms with E-state index in [9.17, 15) is 22.7 Å². The molecule has 9 nitrogen and oxygen atoms in total. The first-order valence-electron chi connectivity index (χ1n) is 15.8. The molecule has 0 bridgehead atoms. The zero-order chi connectivity index (χ0) is 33.3. The topological polar surface area (TPSA) is 108 Å². The number of rotatable bonds is 9. The zero-order valence-electron chi connectivity index (χ0n) is 27.1. The van der Waals surface area contributed by atoms with Crippen LogP contribution in [0.5, 0.6) is 5.75 Å². The number of hydrogen-bond donors (Lipinski definition) is 2. The molecule has 1 amide bonds. The van der Waals surface area contributed by atoms with E-state index < -0.39 is 27.8 Å². The first kappa shape index (κ1) is 35.3. The summed E-state index contributed by atoms with van der Waals surface area (Å²) in [7, 11) is -2.01. The Bertz CT molecular complexity index is 1520. The molecule has 0 saturated carbocycles. The van der Waals surface area contributed by atoms with E-state index in [2.05, 4.69) is 28.8 Å². The largest absolute Gasteiger partial charge is 0.490 e. The molecule has 3 aromatic carbocycles. The van der Waals surface area contributed by atoms with Crippen LogP contribution in [0.2, 0.25) is 0 Å². The van der Waals surface area contributed by atoms with Gasteiger partial charge in [-0.05, 0) is 88.2 Å². The van der Waals surface area contributed by atoms with E-state index >= 15 is 0 Å². The number of amides is 1. The van der Waals surface area contributed by atoms with Gasteiger partial charge in [0, 0.05) is 37.8 Å². The highest BCUT2D eigenvalue weighted by Crippen LogP contribution is 2.29. The van der Waals surface area contributed by atoms with Gasteiger partial charge in [0.1, 0.15) is 11.6 Å². The smallest absolute Gasteiger partial charge is 0.261 e. The number of halogens is 1. The lowest BCUT2D eigenvalue weighted by Gasteiger charge is -2.36. The van der Waals surface area contributed by atoms with Crippen LogP contribution in [0.15, 0.2) is 77.7 Å². The predicted octanol–water partition coefficient (Wildman–Crippen LogP) is 5.55. The highest BCUT2D eigenvalue weighted by atomic mass is 32.2. The molecular formula is C35H46FN3O6S. The summed E-state index contributed by atoms with van der Waals surface area (Å²) in [6.07, 6.45) is 2.06. The van der Waals surface area contributed by atoms with Crippen LogP contribution in [0.25, 0.3) is 0 Å². The molecule has 3 aromatic rings. The predicted molar refractivity (Wildman–Crippen MR) is 177 cm³/mol. The summed E-state index contributed by atoms with van der Waals surface area (Å²) in [6, 6.07) is 18.8. The molecule has 1 heterocycles. The van der Waals surface area contributed by atoms with Gasteiger partial charge in [0.2, 0.25) is 0 Å². The maximum Gasteiger partial charge on any atom is 0.261 e. The number of anilines is 1. The molecule has 4 atom stereocenters. The van der Waals surface area contributed by atoms with E-state index in [4.69, 9.17) is 9.47 Å². The van der Waals surface area contributed by atoms with Crippen molar-refractivity contribution < 1.29 is 32.2 Å². The van der Waals surface area contributed by atoms with Crippen LogP contribution in [-0.2, 0) is 21.3 Å². The molecule has 0 fully saturated rings. The fourth-order valence-corrected chi connectivity index (χ4v) is 6.59. The minimum atomic E-state index is -4.06. The van der Waals surface area contributed by atoms with Crippen molar-refractivity contribution >= 4 is 21.6 Å². The number of likely N-dealkylation sites (N-methyl/N-ethyl adjacent to an activating group) is 1. The van der Waals surface area contributed by atoms with Crippen molar-refractivity contribution in [3.05, 3.63) is 89.7 Å². The Hall–Kier alpha value is -3.51. The Labute approximate surface area is 272 Å². The van der Waals surface area contributed by atoms with Crippen molar-refractivity contribution in [1.29, 1.82) is 0 Å². The second-order valence-electron chi connectivity index (χ2n) is 12.3. The van der Waals surface area contributed by atoms with Crippen molar-refractivity contribution in [3.63, 3.8) is 0 Å². The number of sulfonamides is 1. The third-order valence-corrected chi connectivity index (χ3v) is 9.61. The minimum absolute atomic E-state index is 0.0948. The third kappa shape index (κ3) is 9.75. The first-order valence-corrected chi connectivity index (χ1v) is 17.3. The number of aliphatic hydroxyl groups excluding tert-OH is 1. The molecule has 4 rings (SSSR count). The third-order valence-electron chi connectivity index (χ3n) is 8.21. The average molecular weight is 656 g/mol. The van der Waals surface area contributed by atoms with Crippen LogP contribution < -0.4 is 9.46 Å². The molecule has 250 valence electrons. The standard InChI is InChI=1S/C35H46FN3O6S/c1-25-21-39(26(2)24-40)35(41)32-20-30(37-46(42,43)31-16-13-29(36)14-17-31)15-18-33(32)45-27(3)10-8-9-19-44-34(25)23-38(4)22-28-11-6-5-7-12-28/h5-7,11-18,20,25-27,34,37,40H,8-10,19,21-24H2,1-4H3/t25-,26+,27+,34+/m0/s1. The SMILES string of the molecule is C[C@@H]1CCCCO[C@H](CN(C)Cc2ccccc2)[C@@H](C)CN([C@H](C)CO)C(=O)c2cc(NS(=O)(=O)c3ccc(F)cc3)ccc2O1. The Kier molecular flexibility index (Phi) is 12.6. The maximum atomic E-state index is 14.3. The van der Waals surface area contributed by atoms with Crippen LogP contribution in [0.4, 0.5) is 10.1 Å². The van der Waals surface area contributed by atoms with Crippen molar-refractivity contribution in [2.24, 2.45) is 5.92 Å². The minimum Gasteiger partial charge on any atom is -0.490 e. The second-order valence-corrected chi connectivity index (χ2v) is 13.9. The number of hydrogen-bond acceptors (Lipinski definition) is 7. The summed E-state index contributed by atoms with van der Waals surface area (Å²) < 4.78 is 54.8. The van der Waals surface area contributed by atoms with Gasteiger partial charge >= 0.3 is 0 Å². The number of nitrogens with one attached hydrogen (secondary N) is 1. The van der Waals surface area contributed by atoms with E-state index in [1.807, 2.05) is 32.0 Å². The lowest BCUT2D eigenvalue weighted by molar-refractivity contribution is -0.0177. The summed E-state index contributed by atoms with van der Waals surface area (Å²) in [5.74, 6) is -0.711. The number of carbonyl (C=O) groups excluding carboxylic acids is 1. The van der Waals surface area contributed by atoms with Gasteiger partial charge in [0.05, 0.1) is 35.3 Å². The summed E-state index contributed by atoms with van der Waals surface area (Å²) in [4.78, 5) is 18.0. The Morgan fingerprint density at radius 1 is 1.07 bits per heavy atom. The van der Waals surface area contributed by atoms with Gasteiger partial charge in [-0.2, -0.15) is 0 Å². The van der Waals surface area contributed by atoms with Crippen molar-refractivity contribution in [2.75, 3.05) is 38.1 Å². The molecule has 0 unspecified atom stereocenters. The molecule has 11 heteroatoms. The van der Waals surface area contributed by atoms with Crippen LogP contribution in [-0.4, -0.2) is 80.8 Å². The van der Waals surface area contributed by atoms with Crippen LogP contribution in [0.3, 0.4) is 0 Å². The lowest BCUT2D eigenvalue weighted by atomic mass is 10.0. The molecule has 0 aromatic heterocycles. The van der Waals surface area contributed by atoms with Crippen molar-refractivity contribution in [2.45, 2.75) is 69.7 Å². The van der Waals surface area contributed by atoms with Crippen molar-refractivity contribution in [1.82, 2.24) is 9.80 Å². The van der Waals surface area contributed by atoms with Crippen LogP contribution >= 0.6 is 0 Å². The molecule has 2 N–H and O–H groups in total. The Morgan fingerprint density at radius 2 is 1.78 bits per heavy atom. The zero-order valence-corrected chi connectivity index (χ0v) is 27.9. The van der Waals surface area contributed by atoms with Crippen LogP contribution in [0.1, 0.15) is 56.0 Å². The van der Waals surface area contributed by atoms with E-state index in [-0.39, 0.29) is 40.9 Å². The summed E-state index contributed by atoms with van der Waals surface area (Å²) >= 11 is 0. The number of fused-ring (bicyclic) bond motifs is 1. The molecule has 0 radical (unpaired) electrons. The second kappa shape index (κ2) is 16.4. The summed E-state index contributed by atoms with van der Waals surface area (Å²) in [5.41, 5.74) is 1.53. The Morgan fingerprint density at radius 3 is 2.48 bits per heavy atom. The van der Waals surface area contributed by atoms with Gasteiger partial charge in [0.15, 0.2) is 0 Å². The molecular weight excluding hydrogens is 609 g/mol. The highest BCUT2D eigenvalue weighted by Gasteiger charge is 2.30. The van der Waals surface area contributed by atoms with E-state index in [1.54, 1.807) is 17.9 Å². The van der Waals surface area contributed by atoms with Gasteiger partial charge in [-0.3, -0.25) is 14.4 Å². The Balaban J connectivity index is 1.64. The number of nitrogens with zero attached hydrogens (tertiary/aromatic N) is 2. The molecule has 46 heavy (non-hydrogen) atoms. The molecule has 0 aliphatic carbocycles. The molecule has 1 aliphatic rings. The van der Waals surface area contributed by atoms with Crippen LogP contribution in [0, 0.1) is 11.7 Å². The van der Waals surface area contributed by atoms with Crippen molar-refractivity contribution in [3.8, 4) is 5.75 Å². The molecule has 1 aliphatic heterocycles. The van der Waals surface area contributed by atoms with Gasteiger partial charge < -0.3 is 19.5 Å². The van der Waals surface area contributed by atoms with E-state index in [0.717, 1.165) is 37.9 Å². The average Bonchev–Trinajstić information content (AvgIpc) is 3.03. The number of ether oxygens (including phenoxy) is 2. The maximum absolute atomic E-state index is 14.3. The van der Waals surface area contributed by atoms with Gasteiger partial charge in [-0.1, -0.05) is 37.3 Å². The number of aliphatic hydroxyl groups is 1. The number of benzene rings is 3. The van der Waals surface area contributed by atoms with Gasteiger partial charge in [-0.15, -0.1) is 0 Å². The summed E-state index contributed by atoms with van der Waals surface area (Å²) in [6.45, 7) is 7.77. The molecule has 0 saturated heterocycles. The number of carbonyl (C=O) groups is 1. The van der Waals surface area contributed by atoms with Gasteiger partial charge in [0.25, 0.3) is 15.9 Å².